The largest absolute Gasteiger partial charge is 0.348 e. The van der Waals surface area contributed by atoms with Crippen LogP contribution in [-0.4, -0.2) is 41.3 Å². The number of anilines is 1. The number of rotatable bonds is 14. The molecule has 1 unspecified atom stereocenters. The molecule has 1 aromatic heterocycles. The molecule has 0 aromatic carbocycles. The Kier molecular flexibility index (Phi) is 12.2. The summed E-state index contributed by atoms with van der Waals surface area (Å²) >= 11 is 1.61. The van der Waals surface area contributed by atoms with Gasteiger partial charge in [0.2, 0.25) is 0 Å². The average Bonchev–Trinajstić information content (AvgIpc) is 3.31. The summed E-state index contributed by atoms with van der Waals surface area (Å²) < 4.78 is 0. The van der Waals surface area contributed by atoms with E-state index in [9.17, 15) is 14.9 Å². The minimum absolute atomic E-state index is 0.0655. The van der Waals surface area contributed by atoms with E-state index in [2.05, 4.69) is 59.4 Å². The van der Waals surface area contributed by atoms with Gasteiger partial charge in [0.05, 0.1) is 10.6 Å². The lowest BCUT2D eigenvalue weighted by molar-refractivity contribution is -0.141. The maximum Gasteiger partial charge on any atom is 0.271 e. The zero-order chi connectivity index (χ0) is 28.5. The molecule has 1 atom stereocenters. The monoisotopic (exact) mass is 540 g/mol. The third-order valence-electron chi connectivity index (χ3n) is 7.27. The first kappa shape index (κ1) is 31.8. The van der Waals surface area contributed by atoms with Crippen molar-refractivity contribution in [3.63, 3.8) is 0 Å². The molecule has 1 aliphatic rings. The van der Waals surface area contributed by atoms with Crippen molar-refractivity contribution in [2.75, 3.05) is 24.5 Å². The minimum atomic E-state index is -0.464. The number of amides is 2. The molecule has 2 amide bonds. The Morgan fingerprint density at radius 3 is 2.13 bits per heavy atom. The molecule has 210 valence electrons. The van der Waals surface area contributed by atoms with Crippen LogP contribution in [0.4, 0.5) is 5.13 Å². The summed E-state index contributed by atoms with van der Waals surface area (Å²) in [6.45, 7) is 19.0. The van der Waals surface area contributed by atoms with Crippen molar-refractivity contribution in [3.8, 4) is 6.07 Å². The number of nitriles is 1. The quantitative estimate of drug-likeness (QED) is 0.179. The first-order valence-electron chi connectivity index (χ1n) is 14.5. The molecule has 0 spiro atoms. The standard InChI is InChI=1S/C31H48N4O2S/c1-9-13-16-23(12-4)21-35-28(36)24(22(5)25(20-32)29(35)37)19-26-27(31(6,7)8)33-30(38-26)34(17-14-10-2)18-15-11-3/h19,23H,9-18,21H2,1-8H3/b24-19-. The number of carbonyl (C=O) groups excluding carboxylic acids is 2. The molecule has 2 heterocycles. The molecule has 0 saturated carbocycles. The maximum atomic E-state index is 13.8. The predicted octanol–water partition coefficient (Wildman–Crippen LogP) is 7.66. The lowest BCUT2D eigenvalue weighted by atomic mass is 9.89. The highest BCUT2D eigenvalue weighted by Gasteiger charge is 2.37. The van der Waals surface area contributed by atoms with Gasteiger partial charge < -0.3 is 4.90 Å². The Bertz CT molecular complexity index is 1060. The summed E-state index contributed by atoms with van der Waals surface area (Å²) in [6, 6.07) is 2.09. The summed E-state index contributed by atoms with van der Waals surface area (Å²) in [5.74, 6) is -0.535. The van der Waals surface area contributed by atoms with Crippen molar-refractivity contribution in [2.45, 2.75) is 112 Å². The number of thiazole rings is 1. The van der Waals surface area contributed by atoms with E-state index in [-0.39, 0.29) is 22.8 Å². The fraction of sp³-hybridized carbons (Fsp3) is 0.677. The Balaban J connectivity index is 2.60. The number of carbonyl (C=O) groups is 2. The number of aromatic nitrogens is 1. The van der Waals surface area contributed by atoms with E-state index >= 15 is 0 Å². The van der Waals surface area contributed by atoms with Gasteiger partial charge in [0, 0.05) is 30.6 Å². The van der Waals surface area contributed by atoms with Crippen molar-refractivity contribution in [2.24, 2.45) is 5.92 Å². The van der Waals surface area contributed by atoms with Crippen LogP contribution in [0.5, 0.6) is 0 Å². The third-order valence-corrected chi connectivity index (χ3v) is 8.33. The van der Waals surface area contributed by atoms with Crippen molar-refractivity contribution >= 4 is 34.4 Å². The fourth-order valence-corrected chi connectivity index (χ4v) is 5.96. The first-order chi connectivity index (χ1) is 18.0. The molecule has 0 bridgehead atoms. The Hall–Kier alpha value is -2.46. The maximum absolute atomic E-state index is 13.8. The van der Waals surface area contributed by atoms with E-state index in [1.165, 1.54) is 4.90 Å². The lowest BCUT2D eigenvalue weighted by Gasteiger charge is -2.30. The van der Waals surface area contributed by atoms with E-state index in [0.717, 1.165) is 80.2 Å². The second-order valence-corrected chi connectivity index (χ2v) is 12.5. The molecule has 2 rings (SSSR count). The average molecular weight is 541 g/mol. The molecule has 0 fully saturated rings. The van der Waals surface area contributed by atoms with Crippen LogP contribution in [0.15, 0.2) is 16.7 Å². The molecule has 1 aliphatic heterocycles. The van der Waals surface area contributed by atoms with Crippen molar-refractivity contribution in [3.05, 3.63) is 27.3 Å². The van der Waals surface area contributed by atoms with Crippen LogP contribution >= 0.6 is 11.3 Å². The van der Waals surface area contributed by atoms with E-state index < -0.39 is 5.91 Å². The predicted molar refractivity (Wildman–Crippen MR) is 159 cm³/mol. The summed E-state index contributed by atoms with van der Waals surface area (Å²) in [7, 11) is 0. The van der Waals surface area contributed by atoms with E-state index in [1.807, 2.05) is 6.08 Å². The van der Waals surface area contributed by atoms with Gasteiger partial charge in [0.25, 0.3) is 11.8 Å². The van der Waals surface area contributed by atoms with Crippen molar-refractivity contribution in [1.82, 2.24) is 9.88 Å². The van der Waals surface area contributed by atoms with E-state index in [1.54, 1.807) is 18.3 Å². The van der Waals surface area contributed by atoms with Crippen molar-refractivity contribution < 1.29 is 9.59 Å². The molecular formula is C31H48N4O2S. The zero-order valence-corrected chi connectivity index (χ0v) is 25.8. The molecule has 0 saturated heterocycles. The molecule has 38 heavy (non-hydrogen) atoms. The summed E-state index contributed by atoms with van der Waals surface area (Å²) in [5, 5.41) is 10.8. The minimum Gasteiger partial charge on any atom is -0.348 e. The molecule has 0 aliphatic carbocycles. The van der Waals surface area contributed by atoms with E-state index in [4.69, 9.17) is 4.98 Å². The Morgan fingerprint density at radius 1 is 1.03 bits per heavy atom. The molecule has 0 radical (unpaired) electrons. The van der Waals surface area contributed by atoms with Crippen LogP contribution in [0.1, 0.15) is 117 Å². The first-order valence-corrected chi connectivity index (χ1v) is 15.3. The summed E-state index contributed by atoms with van der Waals surface area (Å²) in [5.41, 5.74) is 1.68. The zero-order valence-electron chi connectivity index (χ0n) is 24.9. The Morgan fingerprint density at radius 2 is 1.63 bits per heavy atom. The lowest BCUT2D eigenvalue weighted by Crippen LogP contribution is -2.45. The number of hydrogen-bond donors (Lipinski definition) is 0. The van der Waals surface area contributed by atoms with Gasteiger partial charge in [-0.15, -0.1) is 0 Å². The van der Waals surface area contributed by atoms with Crippen LogP contribution < -0.4 is 4.90 Å². The van der Waals surface area contributed by atoms with Crippen molar-refractivity contribution in [1.29, 1.82) is 5.26 Å². The third kappa shape index (κ3) is 7.79. The number of imide groups is 1. The molecule has 0 N–H and O–H groups in total. The number of unbranched alkanes of at least 4 members (excludes halogenated alkanes) is 3. The van der Waals surface area contributed by atoms with Gasteiger partial charge in [-0.3, -0.25) is 14.5 Å². The topological polar surface area (TPSA) is 77.3 Å². The van der Waals surface area contributed by atoms with Gasteiger partial charge in [0.1, 0.15) is 11.6 Å². The normalized spacial score (nSPS) is 16.4. The molecular weight excluding hydrogens is 492 g/mol. The van der Waals surface area contributed by atoms with Crippen LogP contribution in [0.2, 0.25) is 0 Å². The van der Waals surface area contributed by atoms with Gasteiger partial charge in [-0.05, 0) is 43.8 Å². The van der Waals surface area contributed by atoms with E-state index in [0.29, 0.717) is 17.7 Å². The highest BCUT2D eigenvalue weighted by atomic mass is 32.1. The van der Waals surface area contributed by atoms with Crippen LogP contribution in [0.25, 0.3) is 6.08 Å². The van der Waals surface area contributed by atoms with Gasteiger partial charge in [-0.1, -0.05) is 91.9 Å². The number of nitrogens with zero attached hydrogens (tertiary/aromatic N) is 4. The van der Waals surface area contributed by atoms with Gasteiger partial charge in [-0.25, -0.2) is 4.98 Å². The second-order valence-electron chi connectivity index (χ2n) is 11.5. The SMILES string of the molecule is CCCCC(CC)CN1C(=O)C(C#N)=C(C)/C(=C/c2sc(N(CCCC)CCCC)nc2C(C)(C)C)C1=O. The summed E-state index contributed by atoms with van der Waals surface area (Å²) in [6.07, 6.45) is 10.3. The highest BCUT2D eigenvalue weighted by molar-refractivity contribution is 7.16. The van der Waals surface area contributed by atoms with Crippen LogP contribution in [0, 0.1) is 17.2 Å². The second kappa shape index (κ2) is 14.6. The van der Waals surface area contributed by atoms with Crippen LogP contribution in [0.3, 0.4) is 0 Å². The molecule has 6 nitrogen and oxygen atoms in total. The van der Waals surface area contributed by atoms with Gasteiger partial charge in [0.15, 0.2) is 5.13 Å². The molecule has 7 heteroatoms. The smallest absolute Gasteiger partial charge is 0.271 e. The molecule has 1 aromatic rings. The van der Waals surface area contributed by atoms with Gasteiger partial charge in [-0.2, -0.15) is 5.26 Å². The van der Waals surface area contributed by atoms with Gasteiger partial charge >= 0.3 is 0 Å². The summed E-state index contributed by atoms with van der Waals surface area (Å²) in [4.78, 5) is 36.7. The fourth-order valence-electron chi connectivity index (χ4n) is 4.69. The van der Waals surface area contributed by atoms with Crippen LogP contribution in [-0.2, 0) is 15.0 Å². The Labute approximate surface area is 234 Å². The number of hydrogen-bond acceptors (Lipinski definition) is 6. The highest BCUT2D eigenvalue weighted by Crippen LogP contribution is 2.38.